The van der Waals surface area contributed by atoms with Gasteiger partial charge in [-0.05, 0) is 20.8 Å². The van der Waals surface area contributed by atoms with Crippen molar-refractivity contribution in [2.24, 2.45) is 0 Å². The number of pyridine rings is 1. The first-order valence-electron chi connectivity index (χ1n) is 5.69. The molecule has 0 saturated heterocycles. The second-order valence-electron chi connectivity index (χ2n) is 4.50. The van der Waals surface area contributed by atoms with Crippen LogP contribution in [0.1, 0.15) is 31.3 Å². The van der Waals surface area contributed by atoms with Gasteiger partial charge in [0.05, 0.1) is 15.1 Å². The van der Waals surface area contributed by atoms with Gasteiger partial charge in [0.25, 0.3) is 5.91 Å². The lowest BCUT2D eigenvalue weighted by Gasteiger charge is -2.34. The molecule has 1 rings (SSSR count). The number of aliphatic carboxylic acids is 1. The minimum Gasteiger partial charge on any atom is -0.480 e. The summed E-state index contributed by atoms with van der Waals surface area (Å²) in [6, 6.07) is 0. The van der Waals surface area contributed by atoms with Crippen LogP contribution in [0.5, 0.6) is 0 Å². The molecule has 1 aromatic rings. The Morgan fingerprint density at radius 2 is 1.85 bits per heavy atom. The van der Waals surface area contributed by atoms with Gasteiger partial charge in [-0.1, -0.05) is 34.8 Å². The third-order valence-electron chi connectivity index (χ3n) is 2.88. The number of carbonyl (C=O) groups is 2. The zero-order valence-electron chi connectivity index (χ0n) is 11.1. The summed E-state index contributed by atoms with van der Waals surface area (Å²) in [5.41, 5.74) is -1.53. The van der Waals surface area contributed by atoms with Gasteiger partial charge in [-0.25, -0.2) is 9.78 Å². The van der Waals surface area contributed by atoms with Crippen LogP contribution in [0.25, 0.3) is 0 Å². The SMILES string of the molecule is CCN(C(=O)c1ncc(Cl)c(Cl)c1Cl)C(C)(C)C(=O)O. The summed E-state index contributed by atoms with van der Waals surface area (Å²) in [4.78, 5) is 28.7. The van der Waals surface area contributed by atoms with Gasteiger partial charge >= 0.3 is 5.97 Å². The number of carboxylic acids is 1. The highest BCUT2D eigenvalue weighted by molar-refractivity contribution is 6.48. The highest BCUT2D eigenvalue weighted by Gasteiger charge is 2.38. The molecule has 0 aliphatic rings. The van der Waals surface area contributed by atoms with Crippen molar-refractivity contribution in [2.45, 2.75) is 26.3 Å². The maximum atomic E-state index is 12.4. The van der Waals surface area contributed by atoms with Crippen molar-refractivity contribution >= 4 is 46.7 Å². The normalized spacial score (nSPS) is 11.3. The molecule has 0 radical (unpaired) electrons. The molecule has 1 aromatic heterocycles. The molecule has 0 atom stereocenters. The summed E-state index contributed by atoms with van der Waals surface area (Å²) in [7, 11) is 0. The second kappa shape index (κ2) is 6.16. The number of hydrogen-bond donors (Lipinski definition) is 1. The molecule has 0 saturated carbocycles. The molecule has 0 bridgehead atoms. The van der Waals surface area contributed by atoms with E-state index < -0.39 is 17.4 Å². The fraction of sp³-hybridized carbons (Fsp3) is 0.417. The molecule has 110 valence electrons. The molecule has 1 amide bonds. The van der Waals surface area contributed by atoms with E-state index in [1.165, 1.54) is 20.0 Å². The molecular formula is C12H13Cl3N2O3. The van der Waals surface area contributed by atoms with Gasteiger partial charge in [0.1, 0.15) is 11.2 Å². The van der Waals surface area contributed by atoms with Gasteiger partial charge in [0.2, 0.25) is 0 Å². The van der Waals surface area contributed by atoms with Crippen LogP contribution in [0.4, 0.5) is 0 Å². The van der Waals surface area contributed by atoms with Crippen molar-refractivity contribution in [2.75, 3.05) is 6.54 Å². The highest BCUT2D eigenvalue weighted by Crippen LogP contribution is 2.32. The van der Waals surface area contributed by atoms with Crippen LogP contribution in [0.15, 0.2) is 6.20 Å². The summed E-state index contributed by atoms with van der Waals surface area (Å²) >= 11 is 17.6. The van der Waals surface area contributed by atoms with Crippen LogP contribution in [0.2, 0.25) is 15.1 Å². The predicted octanol–water partition coefficient (Wildman–Crippen LogP) is 3.37. The van der Waals surface area contributed by atoms with E-state index in [9.17, 15) is 14.7 Å². The van der Waals surface area contributed by atoms with E-state index >= 15 is 0 Å². The number of carboxylic acid groups (broad SMARTS) is 1. The van der Waals surface area contributed by atoms with E-state index in [2.05, 4.69) is 4.98 Å². The standard InChI is InChI=1S/C12H13Cl3N2O3/c1-4-17(12(2,3)11(19)20)10(18)9-8(15)7(14)6(13)5-16-9/h5H,4H2,1-3H3,(H,19,20). The number of aromatic nitrogens is 1. The Bertz CT molecular complexity index is 561. The predicted molar refractivity (Wildman–Crippen MR) is 77.7 cm³/mol. The van der Waals surface area contributed by atoms with E-state index in [4.69, 9.17) is 34.8 Å². The quantitative estimate of drug-likeness (QED) is 0.913. The minimum absolute atomic E-state index is 0.0101. The molecule has 0 spiro atoms. The van der Waals surface area contributed by atoms with Gasteiger partial charge in [-0.3, -0.25) is 4.79 Å². The Hall–Kier alpha value is -1.04. The van der Waals surface area contributed by atoms with Gasteiger partial charge in [0, 0.05) is 12.7 Å². The molecule has 1 N–H and O–H groups in total. The molecule has 5 nitrogen and oxygen atoms in total. The van der Waals surface area contributed by atoms with Crippen LogP contribution in [-0.4, -0.2) is 39.0 Å². The second-order valence-corrected chi connectivity index (χ2v) is 5.66. The van der Waals surface area contributed by atoms with Crippen LogP contribution in [0, 0.1) is 0 Å². The number of nitrogens with zero attached hydrogens (tertiary/aromatic N) is 2. The maximum absolute atomic E-state index is 12.4. The Labute approximate surface area is 131 Å². The lowest BCUT2D eigenvalue weighted by Crippen LogP contribution is -2.53. The summed E-state index contributed by atoms with van der Waals surface area (Å²) in [5, 5.41) is 9.25. The number of rotatable bonds is 4. The molecule has 0 aliphatic heterocycles. The van der Waals surface area contributed by atoms with Crippen molar-refractivity contribution < 1.29 is 14.7 Å². The van der Waals surface area contributed by atoms with Gasteiger partial charge in [-0.15, -0.1) is 0 Å². The number of carbonyl (C=O) groups excluding carboxylic acids is 1. The van der Waals surface area contributed by atoms with Crippen molar-refractivity contribution in [3.05, 3.63) is 27.0 Å². The van der Waals surface area contributed by atoms with E-state index in [-0.39, 0.29) is 27.3 Å². The zero-order chi connectivity index (χ0) is 15.7. The maximum Gasteiger partial charge on any atom is 0.329 e. The molecule has 20 heavy (non-hydrogen) atoms. The van der Waals surface area contributed by atoms with Crippen molar-refractivity contribution in [3.8, 4) is 0 Å². The van der Waals surface area contributed by atoms with E-state index in [0.29, 0.717) is 0 Å². The average Bonchev–Trinajstić information content (AvgIpc) is 2.36. The average molecular weight is 340 g/mol. The molecule has 8 heteroatoms. The van der Waals surface area contributed by atoms with Crippen LogP contribution in [0.3, 0.4) is 0 Å². The van der Waals surface area contributed by atoms with E-state index in [1.807, 2.05) is 0 Å². The first-order chi connectivity index (χ1) is 9.14. The van der Waals surface area contributed by atoms with Gasteiger partial charge < -0.3 is 10.0 Å². The van der Waals surface area contributed by atoms with Crippen molar-refractivity contribution in [1.29, 1.82) is 0 Å². The van der Waals surface area contributed by atoms with E-state index in [1.54, 1.807) is 6.92 Å². The first-order valence-corrected chi connectivity index (χ1v) is 6.82. The molecule has 0 aromatic carbocycles. The Morgan fingerprint density at radius 3 is 2.30 bits per heavy atom. The van der Waals surface area contributed by atoms with Crippen LogP contribution in [-0.2, 0) is 4.79 Å². The number of halogens is 3. The smallest absolute Gasteiger partial charge is 0.329 e. The van der Waals surface area contributed by atoms with Crippen molar-refractivity contribution in [1.82, 2.24) is 9.88 Å². The number of hydrogen-bond acceptors (Lipinski definition) is 3. The molecule has 1 heterocycles. The van der Waals surface area contributed by atoms with Crippen LogP contribution < -0.4 is 0 Å². The lowest BCUT2D eigenvalue weighted by molar-refractivity contribution is -0.147. The fourth-order valence-corrected chi connectivity index (χ4v) is 2.19. The molecular weight excluding hydrogens is 327 g/mol. The summed E-state index contributed by atoms with van der Waals surface area (Å²) in [6.45, 7) is 4.68. The molecule has 0 aliphatic carbocycles. The van der Waals surface area contributed by atoms with Gasteiger partial charge in [0.15, 0.2) is 0 Å². The Balaban J connectivity index is 3.30. The zero-order valence-corrected chi connectivity index (χ0v) is 13.3. The first kappa shape index (κ1) is 17.0. The van der Waals surface area contributed by atoms with Crippen LogP contribution >= 0.6 is 34.8 Å². The number of likely N-dealkylation sites (N-methyl/N-ethyl adjacent to an activating group) is 1. The summed E-state index contributed by atoms with van der Waals surface area (Å²) < 4.78 is 0. The highest BCUT2D eigenvalue weighted by atomic mass is 35.5. The van der Waals surface area contributed by atoms with Crippen molar-refractivity contribution in [3.63, 3.8) is 0 Å². The summed E-state index contributed by atoms with van der Waals surface area (Å²) in [6.07, 6.45) is 1.20. The summed E-state index contributed by atoms with van der Waals surface area (Å²) in [5.74, 6) is -1.76. The lowest BCUT2D eigenvalue weighted by atomic mass is 10.0. The minimum atomic E-state index is -1.40. The molecule has 0 fully saturated rings. The fourth-order valence-electron chi connectivity index (χ4n) is 1.63. The third-order valence-corrected chi connectivity index (χ3v) is 4.12. The Kier molecular flexibility index (Phi) is 5.24. The number of amides is 1. The Morgan fingerprint density at radius 1 is 1.30 bits per heavy atom. The van der Waals surface area contributed by atoms with Gasteiger partial charge in [-0.2, -0.15) is 0 Å². The third kappa shape index (κ3) is 3.00. The largest absolute Gasteiger partial charge is 0.480 e. The molecule has 0 unspecified atom stereocenters. The van der Waals surface area contributed by atoms with E-state index in [0.717, 1.165) is 4.90 Å². The topological polar surface area (TPSA) is 70.5 Å². The monoisotopic (exact) mass is 338 g/mol.